The van der Waals surface area contributed by atoms with E-state index in [-0.39, 0.29) is 0 Å². The smallest absolute Gasteiger partial charge is 0.407 e. The minimum Gasteiger partial charge on any atom is -0.444 e. The average Bonchev–Trinajstić information content (AvgIpc) is 2.33. The Hall–Kier alpha value is -1.29. The van der Waals surface area contributed by atoms with Gasteiger partial charge in [0.1, 0.15) is 5.60 Å². The maximum Gasteiger partial charge on any atom is 0.407 e. The van der Waals surface area contributed by atoms with E-state index in [1.165, 1.54) is 5.56 Å². The lowest BCUT2D eigenvalue weighted by atomic mass is 10.1. The maximum atomic E-state index is 11.4. The van der Waals surface area contributed by atoms with Gasteiger partial charge in [-0.05, 0) is 31.9 Å². The summed E-state index contributed by atoms with van der Waals surface area (Å²) in [5, 5.41) is 3.53. The van der Waals surface area contributed by atoms with Gasteiger partial charge in [-0.15, -0.1) is 0 Å². The highest BCUT2D eigenvalue weighted by atomic mass is 79.9. The Morgan fingerprint density at radius 1 is 1.32 bits per heavy atom. The van der Waals surface area contributed by atoms with Crippen molar-refractivity contribution in [3.05, 3.63) is 41.5 Å². The van der Waals surface area contributed by atoms with Gasteiger partial charge >= 0.3 is 6.09 Å². The Balaban J connectivity index is 2.35. The number of carbonyl (C=O) groups excluding carboxylic acids is 1. The third-order valence-electron chi connectivity index (χ3n) is 2.21. The summed E-state index contributed by atoms with van der Waals surface area (Å²) in [5.41, 5.74) is 1.89. The first-order valence-corrected chi connectivity index (χ1v) is 7.31. The molecule has 1 rings (SSSR count). The van der Waals surface area contributed by atoms with E-state index in [4.69, 9.17) is 4.74 Å². The molecule has 104 valence electrons. The number of halogens is 1. The second kappa shape index (κ2) is 7.34. The summed E-state index contributed by atoms with van der Waals surface area (Å²) >= 11 is 3.41. The predicted octanol–water partition coefficient (Wildman–Crippen LogP) is 4.12. The lowest BCUT2D eigenvalue weighted by Crippen LogP contribution is -2.32. The fourth-order valence-electron chi connectivity index (χ4n) is 1.37. The zero-order valence-electron chi connectivity index (χ0n) is 11.6. The molecule has 0 aliphatic rings. The van der Waals surface area contributed by atoms with E-state index in [0.29, 0.717) is 6.54 Å². The van der Waals surface area contributed by atoms with Crippen LogP contribution in [0.5, 0.6) is 0 Å². The average molecular weight is 326 g/mol. The Bertz CT molecular complexity index is 432. The van der Waals surface area contributed by atoms with Crippen LogP contribution in [0.25, 0.3) is 6.08 Å². The molecule has 19 heavy (non-hydrogen) atoms. The van der Waals surface area contributed by atoms with E-state index in [9.17, 15) is 4.79 Å². The van der Waals surface area contributed by atoms with Crippen LogP contribution in [0.1, 0.15) is 31.9 Å². The van der Waals surface area contributed by atoms with Gasteiger partial charge in [0.15, 0.2) is 0 Å². The molecule has 1 amide bonds. The quantitative estimate of drug-likeness (QED) is 0.845. The SMILES string of the molecule is CC(C)(C)OC(=O)NC/C=C/c1ccc(CBr)cc1. The highest BCUT2D eigenvalue weighted by molar-refractivity contribution is 9.08. The van der Waals surface area contributed by atoms with Crippen LogP contribution in [0.15, 0.2) is 30.3 Å². The molecule has 0 bridgehead atoms. The molecule has 0 aliphatic heterocycles. The van der Waals surface area contributed by atoms with Crippen molar-refractivity contribution >= 4 is 28.1 Å². The zero-order chi connectivity index (χ0) is 14.3. The molecule has 1 N–H and O–H groups in total. The van der Waals surface area contributed by atoms with Crippen LogP contribution in [0, 0.1) is 0 Å². The third-order valence-corrected chi connectivity index (χ3v) is 2.85. The summed E-state index contributed by atoms with van der Waals surface area (Å²) in [7, 11) is 0. The van der Waals surface area contributed by atoms with E-state index >= 15 is 0 Å². The normalized spacial score (nSPS) is 11.6. The maximum absolute atomic E-state index is 11.4. The standard InChI is InChI=1S/C15H20BrNO2/c1-15(2,3)19-14(18)17-10-4-5-12-6-8-13(11-16)9-7-12/h4-9H,10-11H2,1-3H3,(H,17,18)/b5-4+. The van der Waals surface area contributed by atoms with Gasteiger partial charge in [-0.1, -0.05) is 52.3 Å². The first-order valence-electron chi connectivity index (χ1n) is 6.19. The third kappa shape index (κ3) is 7.01. The van der Waals surface area contributed by atoms with Gasteiger partial charge in [0.05, 0.1) is 0 Å². The van der Waals surface area contributed by atoms with Crippen molar-refractivity contribution in [1.29, 1.82) is 0 Å². The molecular weight excluding hydrogens is 306 g/mol. The van der Waals surface area contributed by atoms with Crippen LogP contribution in [-0.2, 0) is 10.1 Å². The van der Waals surface area contributed by atoms with E-state index < -0.39 is 11.7 Å². The molecule has 3 nitrogen and oxygen atoms in total. The van der Waals surface area contributed by atoms with Crippen molar-refractivity contribution in [2.24, 2.45) is 0 Å². The first kappa shape index (κ1) is 15.8. The number of amides is 1. The number of carbonyl (C=O) groups is 1. The summed E-state index contributed by atoms with van der Waals surface area (Å²) < 4.78 is 5.13. The van der Waals surface area contributed by atoms with Crippen molar-refractivity contribution in [3.63, 3.8) is 0 Å². The highest BCUT2D eigenvalue weighted by Gasteiger charge is 2.14. The lowest BCUT2D eigenvalue weighted by Gasteiger charge is -2.19. The van der Waals surface area contributed by atoms with Crippen LogP contribution in [0.2, 0.25) is 0 Å². The number of alkyl halides is 1. The topological polar surface area (TPSA) is 38.3 Å². The van der Waals surface area contributed by atoms with Gasteiger partial charge in [-0.2, -0.15) is 0 Å². The molecule has 0 radical (unpaired) electrons. The summed E-state index contributed by atoms with van der Waals surface area (Å²) in [6.07, 6.45) is 3.47. The first-order chi connectivity index (χ1) is 8.90. The van der Waals surface area contributed by atoms with Crippen molar-refractivity contribution < 1.29 is 9.53 Å². The van der Waals surface area contributed by atoms with Gasteiger partial charge < -0.3 is 10.1 Å². The second-order valence-electron chi connectivity index (χ2n) is 5.16. The van der Waals surface area contributed by atoms with Crippen LogP contribution < -0.4 is 5.32 Å². The van der Waals surface area contributed by atoms with Gasteiger partial charge in [0.2, 0.25) is 0 Å². The predicted molar refractivity (Wildman–Crippen MR) is 82.3 cm³/mol. The minimum absolute atomic E-state index is 0.396. The van der Waals surface area contributed by atoms with Gasteiger partial charge in [0.25, 0.3) is 0 Å². The number of hydrogen-bond donors (Lipinski definition) is 1. The van der Waals surface area contributed by atoms with Crippen molar-refractivity contribution in [2.75, 3.05) is 6.54 Å². The molecule has 0 atom stereocenters. The molecular formula is C15H20BrNO2. The largest absolute Gasteiger partial charge is 0.444 e. The number of benzene rings is 1. The molecule has 0 unspecified atom stereocenters. The van der Waals surface area contributed by atoms with E-state index in [2.05, 4.69) is 33.4 Å². The molecule has 0 spiro atoms. The Labute approximate surface area is 123 Å². The molecule has 0 heterocycles. The van der Waals surface area contributed by atoms with Crippen LogP contribution in [0.3, 0.4) is 0 Å². The van der Waals surface area contributed by atoms with Crippen LogP contribution in [0.4, 0.5) is 4.79 Å². The number of ether oxygens (including phenoxy) is 1. The van der Waals surface area contributed by atoms with E-state index in [0.717, 1.165) is 10.9 Å². The van der Waals surface area contributed by atoms with Gasteiger partial charge in [0, 0.05) is 11.9 Å². The summed E-state index contributed by atoms with van der Waals surface area (Å²) in [5.74, 6) is 0. The molecule has 0 aliphatic carbocycles. The van der Waals surface area contributed by atoms with E-state index in [1.54, 1.807) is 0 Å². The van der Waals surface area contributed by atoms with Gasteiger partial charge in [-0.25, -0.2) is 4.79 Å². The number of alkyl carbamates (subject to hydrolysis) is 1. The molecule has 0 aromatic heterocycles. The fourth-order valence-corrected chi connectivity index (χ4v) is 1.74. The molecule has 0 saturated heterocycles. The zero-order valence-corrected chi connectivity index (χ0v) is 13.2. The Kier molecular flexibility index (Phi) is 6.09. The number of hydrogen-bond acceptors (Lipinski definition) is 2. The molecule has 1 aromatic rings. The molecule has 4 heteroatoms. The molecule has 0 saturated carbocycles. The van der Waals surface area contributed by atoms with Crippen LogP contribution >= 0.6 is 15.9 Å². The van der Waals surface area contributed by atoms with Crippen molar-refractivity contribution in [3.8, 4) is 0 Å². The highest BCUT2D eigenvalue weighted by Crippen LogP contribution is 2.09. The second-order valence-corrected chi connectivity index (χ2v) is 5.72. The summed E-state index contributed by atoms with van der Waals surface area (Å²) in [6, 6.07) is 8.21. The van der Waals surface area contributed by atoms with Crippen molar-refractivity contribution in [2.45, 2.75) is 31.7 Å². The lowest BCUT2D eigenvalue weighted by molar-refractivity contribution is 0.0534. The summed E-state index contributed by atoms with van der Waals surface area (Å²) in [6.45, 7) is 5.98. The van der Waals surface area contributed by atoms with Crippen molar-refractivity contribution in [1.82, 2.24) is 5.32 Å². The summed E-state index contributed by atoms with van der Waals surface area (Å²) in [4.78, 5) is 11.4. The Morgan fingerprint density at radius 2 is 1.95 bits per heavy atom. The fraction of sp³-hybridized carbons (Fsp3) is 0.400. The minimum atomic E-state index is -0.459. The Morgan fingerprint density at radius 3 is 2.47 bits per heavy atom. The number of rotatable bonds is 4. The monoisotopic (exact) mass is 325 g/mol. The van der Waals surface area contributed by atoms with Crippen LogP contribution in [-0.4, -0.2) is 18.2 Å². The molecule has 0 fully saturated rings. The molecule has 1 aromatic carbocycles. The van der Waals surface area contributed by atoms with Gasteiger partial charge in [-0.3, -0.25) is 0 Å². The number of nitrogens with one attached hydrogen (secondary N) is 1. The van der Waals surface area contributed by atoms with E-state index in [1.807, 2.05) is 45.1 Å².